The van der Waals surface area contributed by atoms with Crippen molar-refractivity contribution >= 4 is 17.4 Å². The Kier molecular flexibility index (Phi) is 5.94. The highest BCUT2D eigenvalue weighted by atomic mass is 16.2. The molecule has 1 aliphatic rings. The second kappa shape index (κ2) is 8.56. The summed E-state index contributed by atoms with van der Waals surface area (Å²) in [6.07, 6.45) is 14.4. The molecule has 3 rings (SSSR count). The highest BCUT2D eigenvalue weighted by molar-refractivity contribution is 5.81. The number of nitrogens with zero attached hydrogens (tertiary/aromatic N) is 3. The molecule has 0 radical (unpaired) electrons. The van der Waals surface area contributed by atoms with E-state index in [1.165, 1.54) is 5.57 Å². The number of fused-ring (bicyclic) bond motifs is 1. The molecule has 26 heavy (non-hydrogen) atoms. The van der Waals surface area contributed by atoms with E-state index in [0.29, 0.717) is 0 Å². The minimum atomic E-state index is -0.0157. The van der Waals surface area contributed by atoms with Crippen molar-refractivity contribution in [1.82, 2.24) is 14.7 Å². The molecule has 5 heteroatoms. The van der Waals surface area contributed by atoms with E-state index < -0.39 is 0 Å². The van der Waals surface area contributed by atoms with E-state index in [9.17, 15) is 5.11 Å². The summed E-state index contributed by atoms with van der Waals surface area (Å²) in [5, 5.41) is 12.5. The fourth-order valence-corrected chi connectivity index (χ4v) is 2.90. The molecule has 0 saturated heterocycles. The van der Waals surface area contributed by atoms with Crippen molar-refractivity contribution in [2.24, 2.45) is 4.99 Å². The van der Waals surface area contributed by atoms with Crippen molar-refractivity contribution in [1.29, 1.82) is 0 Å². The standard InChI is InChI=1S/C21H24N4O/c1-16(19-5-6-21-24-17(2)14-25(21)15-19)4-3-10-23-20(9-13-26)18-7-11-22-12-8-18/h3-7,9-10,14-15,22,26H,1,8,11-13H2,2H3/b4-3-,20-9-,23-10-. The average Bonchev–Trinajstić information content (AvgIpc) is 3.04. The van der Waals surface area contributed by atoms with E-state index in [1.54, 1.807) is 12.3 Å². The Morgan fingerprint density at radius 2 is 2.31 bits per heavy atom. The van der Waals surface area contributed by atoms with Gasteiger partial charge in [0.1, 0.15) is 5.65 Å². The lowest BCUT2D eigenvalue weighted by molar-refractivity contribution is 0.342. The van der Waals surface area contributed by atoms with Crippen LogP contribution >= 0.6 is 0 Å². The van der Waals surface area contributed by atoms with Gasteiger partial charge in [0.15, 0.2) is 0 Å². The summed E-state index contributed by atoms with van der Waals surface area (Å²) < 4.78 is 2.00. The van der Waals surface area contributed by atoms with Gasteiger partial charge in [0, 0.05) is 25.2 Å². The van der Waals surface area contributed by atoms with Crippen LogP contribution in [0.15, 0.2) is 71.7 Å². The van der Waals surface area contributed by atoms with Crippen LogP contribution in [0.3, 0.4) is 0 Å². The summed E-state index contributed by atoms with van der Waals surface area (Å²) in [5.41, 5.74) is 5.86. The molecule has 0 unspecified atom stereocenters. The molecule has 2 N–H and O–H groups in total. The number of hydrogen-bond acceptors (Lipinski definition) is 4. The van der Waals surface area contributed by atoms with Crippen molar-refractivity contribution in [3.05, 3.63) is 77.9 Å². The van der Waals surface area contributed by atoms with E-state index in [2.05, 4.69) is 27.9 Å². The van der Waals surface area contributed by atoms with Crippen molar-refractivity contribution in [3.63, 3.8) is 0 Å². The van der Waals surface area contributed by atoms with Gasteiger partial charge in [-0.25, -0.2) is 4.98 Å². The number of aliphatic hydroxyl groups excluding tert-OH is 1. The molecule has 2 aromatic rings. The Bertz CT molecular complexity index is 915. The number of hydrogen-bond donors (Lipinski definition) is 2. The SMILES string of the molecule is C=C(\C=C/C=N\C(=C/CO)C1=CCNCC1)c1ccc2nc(C)cn2c1. The molecule has 134 valence electrons. The number of aryl methyl sites for hydroxylation is 1. The van der Waals surface area contributed by atoms with Crippen LogP contribution in [0.25, 0.3) is 11.2 Å². The quantitative estimate of drug-likeness (QED) is 0.623. The molecule has 0 amide bonds. The Hall–Kier alpha value is -2.76. The summed E-state index contributed by atoms with van der Waals surface area (Å²) in [6, 6.07) is 4.00. The smallest absolute Gasteiger partial charge is 0.136 e. The Morgan fingerprint density at radius 1 is 1.42 bits per heavy atom. The Balaban J connectivity index is 1.69. The maximum absolute atomic E-state index is 9.22. The first-order valence-corrected chi connectivity index (χ1v) is 8.74. The monoisotopic (exact) mass is 348 g/mol. The minimum absolute atomic E-state index is 0.0157. The van der Waals surface area contributed by atoms with Gasteiger partial charge in [-0.3, -0.25) is 4.99 Å². The van der Waals surface area contributed by atoms with Gasteiger partial charge in [-0.1, -0.05) is 18.7 Å². The fourth-order valence-electron chi connectivity index (χ4n) is 2.90. The maximum Gasteiger partial charge on any atom is 0.136 e. The first kappa shape index (κ1) is 18.0. The average molecular weight is 348 g/mol. The number of aromatic nitrogens is 2. The first-order valence-electron chi connectivity index (χ1n) is 8.74. The van der Waals surface area contributed by atoms with E-state index in [4.69, 9.17) is 0 Å². The minimum Gasteiger partial charge on any atom is -0.392 e. The van der Waals surface area contributed by atoms with Crippen LogP contribution in [0.1, 0.15) is 17.7 Å². The molecule has 3 heterocycles. The number of rotatable bonds is 6. The van der Waals surface area contributed by atoms with Crippen LogP contribution in [0.2, 0.25) is 0 Å². The lowest BCUT2D eigenvalue weighted by Crippen LogP contribution is -2.21. The maximum atomic E-state index is 9.22. The number of imidazole rings is 1. The second-order valence-electron chi connectivity index (χ2n) is 6.18. The molecule has 0 spiro atoms. The van der Waals surface area contributed by atoms with Crippen LogP contribution in [-0.4, -0.2) is 40.4 Å². The first-order chi connectivity index (χ1) is 12.7. The third-order valence-corrected chi connectivity index (χ3v) is 4.22. The molecule has 1 aliphatic heterocycles. The van der Waals surface area contributed by atoms with Gasteiger partial charge in [-0.2, -0.15) is 0 Å². The Morgan fingerprint density at radius 3 is 3.08 bits per heavy atom. The van der Waals surface area contributed by atoms with Gasteiger partial charge >= 0.3 is 0 Å². The van der Waals surface area contributed by atoms with E-state index in [0.717, 1.165) is 47.7 Å². The normalized spacial score (nSPS) is 15.9. The largest absolute Gasteiger partial charge is 0.392 e. The third-order valence-electron chi connectivity index (χ3n) is 4.22. The van der Waals surface area contributed by atoms with Crippen molar-refractivity contribution in [3.8, 4) is 0 Å². The molecule has 0 fully saturated rings. The molecule has 2 aromatic heterocycles. The van der Waals surface area contributed by atoms with E-state index >= 15 is 0 Å². The summed E-state index contributed by atoms with van der Waals surface area (Å²) >= 11 is 0. The highest BCUT2D eigenvalue weighted by Crippen LogP contribution is 2.18. The third kappa shape index (κ3) is 4.45. The molecule has 0 aliphatic carbocycles. The number of nitrogens with one attached hydrogen (secondary N) is 1. The number of pyridine rings is 1. The predicted octanol–water partition coefficient (Wildman–Crippen LogP) is 3.08. The van der Waals surface area contributed by atoms with E-state index in [1.807, 2.05) is 48.0 Å². The van der Waals surface area contributed by atoms with Crippen LogP contribution in [0.5, 0.6) is 0 Å². The summed E-state index contributed by atoms with van der Waals surface area (Å²) in [5.74, 6) is 0. The van der Waals surface area contributed by atoms with Crippen molar-refractivity contribution in [2.75, 3.05) is 19.7 Å². The van der Waals surface area contributed by atoms with Crippen molar-refractivity contribution in [2.45, 2.75) is 13.3 Å². The molecule has 0 saturated carbocycles. The van der Waals surface area contributed by atoms with Crippen LogP contribution in [-0.2, 0) is 0 Å². The topological polar surface area (TPSA) is 61.9 Å². The zero-order chi connectivity index (χ0) is 18.4. The summed E-state index contributed by atoms with van der Waals surface area (Å²) in [6.45, 7) is 7.87. The summed E-state index contributed by atoms with van der Waals surface area (Å²) in [7, 11) is 0. The van der Waals surface area contributed by atoms with Gasteiger partial charge in [0.2, 0.25) is 0 Å². The van der Waals surface area contributed by atoms with Gasteiger partial charge in [0.05, 0.1) is 18.0 Å². The number of allylic oxidation sites excluding steroid dienone is 4. The predicted molar refractivity (Wildman–Crippen MR) is 107 cm³/mol. The molecule has 5 nitrogen and oxygen atoms in total. The van der Waals surface area contributed by atoms with Crippen LogP contribution < -0.4 is 5.32 Å². The highest BCUT2D eigenvalue weighted by Gasteiger charge is 2.06. The van der Waals surface area contributed by atoms with Gasteiger partial charge in [-0.05, 0) is 60.9 Å². The number of aliphatic hydroxyl groups is 1. The van der Waals surface area contributed by atoms with E-state index in [-0.39, 0.29) is 6.61 Å². The number of aliphatic imine (C=N–C) groups is 1. The second-order valence-corrected chi connectivity index (χ2v) is 6.18. The van der Waals surface area contributed by atoms with Crippen LogP contribution in [0, 0.1) is 6.92 Å². The van der Waals surface area contributed by atoms with Gasteiger partial charge < -0.3 is 14.8 Å². The fraction of sp³-hybridized carbons (Fsp3) is 0.238. The molecule has 0 atom stereocenters. The molecular formula is C21H24N4O. The van der Waals surface area contributed by atoms with Gasteiger partial charge in [-0.15, -0.1) is 0 Å². The lowest BCUT2D eigenvalue weighted by Gasteiger charge is -2.14. The molecule has 0 bridgehead atoms. The zero-order valence-corrected chi connectivity index (χ0v) is 15.0. The summed E-state index contributed by atoms with van der Waals surface area (Å²) in [4.78, 5) is 8.92. The van der Waals surface area contributed by atoms with Crippen molar-refractivity contribution < 1.29 is 5.11 Å². The molecular weight excluding hydrogens is 324 g/mol. The van der Waals surface area contributed by atoms with Gasteiger partial charge in [0.25, 0.3) is 0 Å². The van der Waals surface area contributed by atoms with Crippen LogP contribution in [0.4, 0.5) is 0 Å². The molecule has 0 aromatic carbocycles. The Labute approximate surface area is 153 Å². The lowest BCUT2D eigenvalue weighted by atomic mass is 10.1. The zero-order valence-electron chi connectivity index (χ0n) is 15.0.